The van der Waals surface area contributed by atoms with Crippen LogP contribution >= 0.6 is 0 Å². The lowest BCUT2D eigenvalue weighted by molar-refractivity contribution is -0.121. The van der Waals surface area contributed by atoms with Gasteiger partial charge in [-0.05, 0) is 44.4 Å². The Bertz CT molecular complexity index is 254. The van der Waals surface area contributed by atoms with E-state index in [9.17, 15) is 9.90 Å². The van der Waals surface area contributed by atoms with Gasteiger partial charge < -0.3 is 10.8 Å². The van der Waals surface area contributed by atoms with Gasteiger partial charge in [0.25, 0.3) is 0 Å². The molecule has 0 aliphatic heterocycles. The van der Waals surface area contributed by atoms with E-state index in [1.165, 1.54) is 0 Å². The van der Waals surface area contributed by atoms with Crippen molar-refractivity contribution in [1.82, 2.24) is 0 Å². The molecule has 0 radical (unpaired) electrons. The summed E-state index contributed by atoms with van der Waals surface area (Å²) >= 11 is 0. The first-order valence-electron chi connectivity index (χ1n) is 7.05. The van der Waals surface area contributed by atoms with Crippen molar-refractivity contribution in [2.75, 3.05) is 0 Å². The summed E-state index contributed by atoms with van der Waals surface area (Å²) in [5.74, 6) is -0.335. The zero-order valence-corrected chi connectivity index (χ0v) is 12.8. The fraction of sp³-hybridized carbons (Fsp3) is 0.933. The molecule has 108 valence electrons. The van der Waals surface area contributed by atoms with Crippen molar-refractivity contribution in [3.63, 3.8) is 0 Å². The van der Waals surface area contributed by atoms with Crippen LogP contribution in [0.4, 0.5) is 0 Å². The lowest BCUT2D eigenvalue weighted by atomic mass is 9.85. The third-order valence-corrected chi connectivity index (χ3v) is 3.48. The van der Waals surface area contributed by atoms with Crippen molar-refractivity contribution >= 4 is 5.91 Å². The van der Waals surface area contributed by atoms with Gasteiger partial charge in [0.1, 0.15) is 0 Å². The van der Waals surface area contributed by atoms with Gasteiger partial charge in [-0.1, -0.05) is 34.1 Å². The molecular weight excluding hydrogens is 226 g/mol. The van der Waals surface area contributed by atoms with Crippen LogP contribution in [0, 0.1) is 11.3 Å². The molecule has 0 bridgehead atoms. The van der Waals surface area contributed by atoms with Crippen LogP contribution in [0.15, 0.2) is 0 Å². The SMILES string of the molecule is CC(CCCC(C)(O)CCCC(C)(C)C)C(N)=O. The van der Waals surface area contributed by atoms with Crippen molar-refractivity contribution in [2.45, 2.75) is 78.7 Å². The molecule has 18 heavy (non-hydrogen) atoms. The standard InChI is InChI=1S/C15H31NO2/c1-12(13(16)17)8-6-10-15(5,18)11-7-9-14(2,3)4/h12,18H,6-11H2,1-5H3,(H2,16,17). The summed E-state index contributed by atoms with van der Waals surface area (Å²) in [6, 6.07) is 0. The first kappa shape index (κ1) is 17.4. The molecule has 0 heterocycles. The maximum Gasteiger partial charge on any atom is 0.220 e. The fourth-order valence-electron chi connectivity index (χ4n) is 2.06. The highest BCUT2D eigenvalue weighted by Crippen LogP contribution is 2.27. The van der Waals surface area contributed by atoms with E-state index in [4.69, 9.17) is 5.73 Å². The Balaban J connectivity index is 3.83. The van der Waals surface area contributed by atoms with Gasteiger partial charge in [-0.15, -0.1) is 0 Å². The van der Waals surface area contributed by atoms with Crippen LogP contribution in [0.25, 0.3) is 0 Å². The average Bonchev–Trinajstić information content (AvgIpc) is 2.14. The zero-order valence-electron chi connectivity index (χ0n) is 12.8. The van der Waals surface area contributed by atoms with E-state index in [2.05, 4.69) is 20.8 Å². The van der Waals surface area contributed by atoms with Crippen LogP contribution in [0.3, 0.4) is 0 Å². The molecule has 0 fully saturated rings. The van der Waals surface area contributed by atoms with Gasteiger partial charge in [0.05, 0.1) is 5.60 Å². The summed E-state index contributed by atoms with van der Waals surface area (Å²) in [6.45, 7) is 10.4. The third kappa shape index (κ3) is 9.46. The van der Waals surface area contributed by atoms with Gasteiger partial charge in [0.2, 0.25) is 5.91 Å². The van der Waals surface area contributed by atoms with E-state index in [1.807, 2.05) is 13.8 Å². The Morgan fingerprint density at radius 1 is 1.11 bits per heavy atom. The van der Waals surface area contributed by atoms with Gasteiger partial charge >= 0.3 is 0 Å². The second kappa shape index (κ2) is 7.13. The van der Waals surface area contributed by atoms with E-state index in [-0.39, 0.29) is 11.8 Å². The van der Waals surface area contributed by atoms with E-state index in [0.29, 0.717) is 5.41 Å². The molecule has 0 aliphatic carbocycles. The molecule has 3 N–H and O–H groups in total. The van der Waals surface area contributed by atoms with E-state index in [1.54, 1.807) is 0 Å². The van der Waals surface area contributed by atoms with Crippen molar-refractivity contribution < 1.29 is 9.90 Å². The molecule has 0 rings (SSSR count). The highest BCUT2D eigenvalue weighted by molar-refractivity contribution is 5.76. The molecule has 0 aromatic carbocycles. The van der Waals surface area contributed by atoms with Gasteiger partial charge in [-0.3, -0.25) is 4.79 Å². The molecule has 3 nitrogen and oxygen atoms in total. The number of hydrogen-bond acceptors (Lipinski definition) is 2. The van der Waals surface area contributed by atoms with Crippen LogP contribution in [-0.2, 0) is 4.79 Å². The molecule has 0 saturated carbocycles. The van der Waals surface area contributed by atoms with Crippen LogP contribution in [0.1, 0.15) is 73.1 Å². The third-order valence-electron chi connectivity index (χ3n) is 3.48. The maximum atomic E-state index is 10.9. The smallest absolute Gasteiger partial charge is 0.220 e. The van der Waals surface area contributed by atoms with Gasteiger partial charge in [0.15, 0.2) is 0 Å². The molecular formula is C15H31NO2. The Kier molecular flexibility index (Phi) is 6.90. The Hall–Kier alpha value is -0.570. The summed E-state index contributed by atoms with van der Waals surface area (Å²) in [6.07, 6.45) is 5.37. The number of carbonyl (C=O) groups is 1. The molecule has 0 spiro atoms. The topological polar surface area (TPSA) is 63.3 Å². The summed E-state index contributed by atoms with van der Waals surface area (Å²) in [5, 5.41) is 10.2. The molecule has 0 aromatic heterocycles. The minimum Gasteiger partial charge on any atom is -0.390 e. The lowest BCUT2D eigenvalue weighted by Crippen LogP contribution is -2.26. The predicted molar refractivity (Wildman–Crippen MR) is 76.1 cm³/mol. The molecule has 0 saturated heterocycles. The number of nitrogens with two attached hydrogens (primary N) is 1. The largest absolute Gasteiger partial charge is 0.390 e. The maximum absolute atomic E-state index is 10.9. The van der Waals surface area contributed by atoms with E-state index < -0.39 is 5.60 Å². The highest BCUT2D eigenvalue weighted by Gasteiger charge is 2.21. The van der Waals surface area contributed by atoms with Crippen LogP contribution in [0.2, 0.25) is 0 Å². The summed E-state index contributed by atoms with van der Waals surface area (Å²) < 4.78 is 0. The Morgan fingerprint density at radius 3 is 2.06 bits per heavy atom. The van der Waals surface area contributed by atoms with Crippen LogP contribution in [0.5, 0.6) is 0 Å². The number of amides is 1. The molecule has 3 heteroatoms. The van der Waals surface area contributed by atoms with Gasteiger partial charge in [-0.25, -0.2) is 0 Å². The Morgan fingerprint density at radius 2 is 1.61 bits per heavy atom. The van der Waals surface area contributed by atoms with Gasteiger partial charge in [0, 0.05) is 5.92 Å². The minimum atomic E-state index is -0.609. The van der Waals surface area contributed by atoms with Crippen molar-refractivity contribution in [2.24, 2.45) is 17.1 Å². The molecule has 1 amide bonds. The molecule has 2 unspecified atom stereocenters. The summed E-state index contributed by atoms with van der Waals surface area (Å²) in [7, 11) is 0. The number of carbonyl (C=O) groups excluding carboxylic acids is 1. The molecule has 0 aliphatic rings. The summed E-state index contributed by atoms with van der Waals surface area (Å²) in [5.41, 5.74) is 4.93. The summed E-state index contributed by atoms with van der Waals surface area (Å²) in [4.78, 5) is 10.9. The lowest BCUT2D eigenvalue weighted by Gasteiger charge is -2.26. The molecule has 0 aromatic rings. The second-order valence-corrected chi connectivity index (χ2v) is 7.11. The normalized spacial score (nSPS) is 17.2. The second-order valence-electron chi connectivity index (χ2n) is 7.11. The van der Waals surface area contributed by atoms with Crippen molar-refractivity contribution in [3.8, 4) is 0 Å². The van der Waals surface area contributed by atoms with E-state index in [0.717, 1.165) is 38.5 Å². The monoisotopic (exact) mass is 257 g/mol. The van der Waals surface area contributed by atoms with Crippen molar-refractivity contribution in [1.29, 1.82) is 0 Å². The number of rotatable bonds is 8. The molecule has 2 atom stereocenters. The minimum absolute atomic E-state index is 0.0876. The average molecular weight is 257 g/mol. The predicted octanol–water partition coefficient (Wildman–Crippen LogP) is 3.25. The fourth-order valence-corrected chi connectivity index (χ4v) is 2.06. The quantitative estimate of drug-likeness (QED) is 0.701. The highest BCUT2D eigenvalue weighted by atomic mass is 16.3. The zero-order chi connectivity index (χ0) is 14.4. The number of aliphatic hydroxyl groups is 1. The van der Waals surface area contributed by atoms with E-state index >= 15 is 0 Å². The Labute approximate surface area is 112 Å². The first-order chi connectivity index (χ1) is 8.03. The number of hydrogen-bond donors (Lipinski definition) is 2. The first-order valence-corrected chi connectivity index (χ1v) is 7.05. The van der Waals surface area contributed by atoms with Crippen molar-refractivity contribution in [3.05, 3.63) is 0 Å². The van der Waals surface area contributed by atoms with Crippen LogP contribution in [-0.4, -0.2) is 16.6 Å². The van der Waals surface area contributed by atoms with Crippen LogP contribution < -0.4 is 5.73 Å². The number of primary amides is 1. The van der Waals surface area contributed by atoms with Gasteiger partial charge in [-0.2, -0.15) is 0 Å².